The van der Waals surface area contributed by atoms with E-state index in [2.05, 4.69) is 24.1 Å². The minimum absolute atomic E-state index is 0.140. The summed E-state index contributed by atoms with van der Waals surface area (Å²) in [6.07, 6.45) is 3.27. The number of halogens is 1. The highest BCUT2D eigenvalue weighted by Crippen LogP contribution is 2.29. The standard InChI is InChI=1S/C20H23ClN2O3/c1-12-6-5-9-16(13(12)2)23-19(24)11-26-20(25)15-10-18(21)22-17-8-4-3-7-14(15)17/h3-4,7-8,10,12-13,16H,5-6,9,11H2,1-2H3,(H,23,24)/t12-,13-,16+/m1/s1. The molecular formula is C20H23ClN2O3. The molecule has 1 aromatic heterocycles. The highest BCUT2D eigenvalue weighted by molar-refractivity contribution is 6.30. The highest BCUT2D eigenvalue weighted by Gasteiger charge is 2.28. The molecule has 5 nitrogen and oxygen atoms in total. The first-order chi connectivity index (χ1) is 12.5. The van der Waals surface area contributed by atoms with E-state index >= 15 is 0 Å². The Hall–Kier alpha value is -2.14. The van der Waals surface area contributed by atoms with Gasteiger partial charge in [0.1, 0.15) is 5.15 Å². The summed E-state index contributed by atoms with van der Waals surface area (Å²) in [5.74, 6) is 0.160. The Labute approximate surface area is 158 Å². The molecule has 1 aliphatic rings. The van der Waals surface area contributed by atoms with Crippen molar-refractivity contribution < 1.29 is 14.3 Å². The van der Waals surface area contributed by atoms with Crippen LogP contribution in [0.3, 0.4) is 0 Å². The second kappa shape index (κ2) is 8.04. The number of aromatic nitrogens is 1. The largest absolute Gasteiger partial charge is 0.452 e. The number of ether oxygens (including phenoxy) is 1. The van der Waals surface area contributed by atoms with Crippen LogP contribution >= 0.6 is 11.6 Å². The van der Waals surface area contributed by atoms with Gasteiger partial charge in [-0.05, 0) is 30.4 Å². The molecule has 0 saturated heterocycles. The van der Waals surface area contributed by atoms with Gasteiger partial charge in [0.2, 0.25) is 0 Å². The Morgan fingerprint density at radius 3 is 2.85 bits per heavy atom. The number of esters is 1. The summed E-state index contributed by atoms with van der Waals surface area (Å²) < 4.78 is 5.22. The van der Waals surface area contributed by atoms with Crippen LogP contribution in [0.15, 0.2) is 30.3 Å². The van der Waals surface area contributed by atoms with E-state index in [0.29, 0.717) is 28.3 Å². The monoisotopic (exact) mass is 374 g/mol. The van der Waals surface area contributed by atoms with Crippen LogP contribution in [0.1, 0.15) is 43.5 Å². The second-order valence-corrected chi connectivity index (χ2v) is 7.41. The molecule has 2 aromatic rings. The van der Waals surface area contributed by atoms with Crippen LogP contribution in [0, 0.1) is 11.8 Å². The van der Waals surface area contributed by atoms with Crippen molar-refractivity contribution in [2.75, 3.05) is 6.61 Å². The van der Waals surface area contributed by atoms with Crippen LogP contribution in [0.5, 0.6) is 0 Å². The fourth-order valence-electron chi connectivity index (χ4n) is 3.55. The van der Waals surface area contributed by atoms with Crippen LogP contribution in [0.4, 0.5) is 0 Å². The molecule has 3 atom stereocenters. The summed E-state index contributed by atoms with van der Waals surface area (Å²) >= 11 is 5.99. The van der Waals surface area contributed by atoms with E-state index in [1.165, 1.54) is 12.5 Å². The quantitative estimate of drug-likeness (QED) is 0.649. The molecule has 0 bridgehead atoms. The van der Waals surface area contributed by atoms with E-state index in [4.69, 9.17) is 16.3 Å². The number of para-hydroxylation sites is 1. The number of hydrogen-bond donors (Lipinski definition) is 1. The molecule has 3 rings (SSSR count). The zero-order valence-corrected chi connectivity index (χ0v) is 15.8. The SMILES string of the molecule is C[C@@H]1[C@H](C)CCC[C@@H]1NC(=O)COC(=O)c1cc(Cl)nc2ccccc12. The summed E-state index contributed by atoms with van der Waals surface area (Å²) in [6, 6.07) is 8.79. The van der Waals surface area contributed by atoms with Crippen molar-refractivity contribution >= 4 is 34.4 Å². The average Bonchev–Trinajstić information content (AvgIpc) is 2.62. The fraction of sp³-hybridized carbons (Fsp3) is 0.450. The Kier molecular flexibility index (Phi) is 5.77. The first-order valence-electron chi connectivity index (χ1n) is 8.97. The zero-order chi connectivity index (χ0) is 18.7. The summed E-state index contributed by atoms with van der Waals surface area (Å²) in [4.78, 5) is 28.8. The topological polar surface area (TPSA) is 68.3 Å². The van der Waals surface area contributed by atoms with Crippen LogP contribution in [-0.4, -0.2) is 29.5 Å². The van der Waals surface area contributed by atoms with E-state index in [1.807, 2.05) is 12.1 Å². The van der Waals surface area contributed by atoms with Gasteiger partial charge in [0.05, 0.1) is 11.1 Å². The number of nitrogens with one attached hydrogen (secondary N) is 1. The number of fused-ring (bicyclic) bond motifs is 1. The Balaban J connectivity index is 1.63. The lowest BCUT2D eigenvalue weighted by Crippen LogP contribution is -2.45. The minimum atomic E-state index is -0.578. The molecule has 0 aliphatic heterocycles. The molecule has 1 aliphatic carbocycles. The van der Waals surface area contributed by atoms with E-state index in [-0.39, 0.29) is 23.7 Å². The maximum atomic E-state index is 12.4. The summed E-state index contributed by atoms with van der Waals surface area (Å²) in [5, 5.41) is 3.86. The fourth-order valence-corrected chi connectivity index (χ4v) is 3.76. The maximum Gasteiger partial charge on any atom is 0.339 e. The van der Waals surface area contributed by atoms with Crippen molar-refractivity contribution in [1.29, 1.82) is 0 Å². The lowest BCUT2D eigenvalue weighted by molar-refractivity contribution is -0.125. The molecule has 1 saturated carbocycles. The number of rotatable bonds is 4. The van der Waals surface area contributed by atoms with Crippen molar-refractivity contribution in [3.63, 3.8) is 0 Å². The maximum absolute atomic E-state index is 12.4. The van der Waals surface area contributed by atoms with E-state index < -0.39 is 5.97 Å². The van der Waals surface area contributed by atoms with Gasteiger partial charge in [0.15, 0.2) is 6.61 Å². The normalized spacial score (nSPS) is 22.8. The molecule has 138 valence electrons. The van der Waals surface area contributed by atoms with Crippen LogP contribution in [-0.2, 0) is 9.53 Å². The molecule has 1 aromatic carbocycles. The first-order valence-corrected chi connectivity index (χ1v) is 9.35. The molecule has 0 spiro atoms. The molecule has 0 radical (unpaired) electrons. The van der Waals surface area contributed by atoms with E-state index in [9.17, 15) is 9.59 Å². The van der Waals surface area contributed by atoms with Gasteiger partial charge in [-0.3, -0.25) is 4.79 Å². The van der Waals surface area contributed by atoms with Gasteiger partial charge in [-0.1, -0.05) is 56.5 Å². The third-order valence-electron chi connectivity index (χ3n) is 5.29. The molecule has 1 amide bonds. The number of carbonyl (C=O) groups excluding carboxylic acids is 2. The molecule has 26 heavy (non-hydrogen) atoms. The number of nitrogens with zero attached hydrogens (tertiary/aromatic N) is 1. The second-order valence-electron chi connectivity index (χ2n) is 7.03. The molecule has 0 unspecified atom stereocenters. The number of amides is 1. The molecule has 6 heteroatoms. The predicted octanol–water partition coefficient (Wildman–Crippen LogP) is 3.99. The number of benzene rings is 1. The van der Waals surface area contributed by atoms with Gasteiger partial charge in [0.25, 0.3) is 5.91 Å². The first kappa shape index (κ1) is 18.6. The minimum Gasteiger partial charge on any atom is -0.452 e. The van der Waals surface area contributed by atoms with E-state index in [0.717, 1.165) is 12.8 Å². The molecule has 1 N–H and O–H groups in total. The smallest absolute Gasteiger partial charge is 0.339 e. The Morgan fingerprint density at radius 1 is 1.27 bits per heavy atom. The van der Waals surface area contributed by atoms with Crippen molar-refractivity contribution in [3.05, 3.63) is 41.0 Å². The lowest BCUT2D eigenvalue weighted by atomic mass is 9.78. The van der Waals surface area contributed by atoms with Gasteiger partial charge in [-0.25, -0.2) is 9.78 Å². The number of carbonyl (C=O) groups is 2. The van der Waals surface area contributed by atoms with Gasteiger partial charge in [-0.15, -0.1) is 0 Å². The van der Waals surface area contributed by atoms with Crippen LogP contribution in [0.25, 0.3) is 10.9 Å². The third-order valence-corrected chi connectivity index (χ3v) is 5.49. The summed E-state index contributed by atoms with van der Waals surface area (Å²) in [7, 11) is 0. The number of pyridine rings is 1. The highest BCUT2D eigenvalue weighted by atomic mass is 35.5. The zero-order valence-electron chi connectivity index (χ0n) is 15.0. The Bertz CT molecular complexity index is 824. The third kappa shape index (κ3) is 4.15. The van der Waals surface area contributed by atoms with Crippen molar-refractivity contribution in [2.45, 2.75) is 39.2 Å². The Morgan fingerprint density at radius 2 is 2.04 bits per heavy atom. The van der Waals surface area contributed by atoms with E-state index in [1.54, 1.807) is 12.1 Å². The van der Waals surface area contributed by atoms with Crippen molar-refractivity contribution in [3.8, 4) is 0 Å². The molecule has 1 fully saturated rings. The molecule has 1 heterocycles. The van der Waals surface area contributed by atoms with Gasteiger partial charge >= 0.3 is 5.97 Å². The average molecular weight is 375 g/mol. The lowest BCUT2D eigenvalue weighted by Gasteiger charge is -2.34. The van der Waals surface area contributed by atoms with Gasteiger partial charge in [-0.2, -0.15) is 0 Å². The number of hydrogen-bond acceptors (Lipinski definition) is 4. The predicted molar refractivity (Wildman–Crippen MR) is 101 cm³/mol. The van der Waals surface area contributed by atoms with Crippen LogP contribution in [0.2, 0.25) is 5.15 Å². The van der Waals surface area contributed by atoms with Crippen molar-refractivity contribution in [1.82, 2.24) is 10.3 Å². The molecular weight excluding hydrogens is 352 g/mol. The summed E-state index contributed by atoms with van der Waals surface area (Å²) in [6.45, 7) is 4.07. The van der Waals surface area contributed by atoms with Crippen LogP contribution < -0.4 is 5.32 Å². The van der Waals surface area contributed by atoms with Crippen molar-refractivity contribution in [2.24, 2.45) is 11.8 Å². The van der Waals surface area contributed by atoms with Gasteiger partial charge < -0.3 is 10.1 Å². The van der Waals surface area contributed by atoms with Gasteiger partial charge in [0, 0.05) is 11.4 Å². The summed E-state index contributed by atoms with van der Waals surface area (Å²) in [5.41, 5.74) is 0.925.